The second-order valence-electron chi connectivity index (χ2n) is 5.25. The normalized spacial score (nSPS) is 21.9. The van der Waals surface area contributed by atoms with Gasteiger partial charge in [0.05, 0.1) is 11.8 Å². The van der Waals surface area contributed by atoms with Gasteiger partial charge in [-0.15, -0.1) is 0 Å². The molecule has 0 saturated heterocycles. The summed E-state index contributed by atoms with van der Waals surface area (Å²) in [6, 6.07) is 0. The number of allylic oxidation sites excluding steroid dienone is 2. The lowest BCUT2D eigenvalue weighted by atomic mass is 9.91. The van der Waals surface area contributed by atoms with Crippen LogP contribution < -0.4 is 0 Å². The van der Waals surface area contributed by atoms with Crippen LogP contribution in [0.15, 0.2) is 22.3 Å². The lowest BCUT2D eigenvalue weighted by molar-refractivity contribution is 0.0960. The number of rotatable bonds is 0. The number of furan rings is 1. The molecular weight excluding hydrogens is 212 g/mol. The van der Waals surface area contributed by atoms with Crippen LogP contribution in [0.25, 0.3) is 0 Å². The van der Waals surface area contributed by atoms with Crippen molar-refractivity contribution in [3.63, 3.8) is 0 Å². The minimum Gasteiger partial charge on any atom is -0.468 e. The summed E-state index contributed by atoms with van der Waals surface area (Å²) in [4.78, 5) is 12.2. The zero-order valence-electron chi connectivity index (χ0n) is 10.9. The quantitative estimate of drug-likeness (QED) is 0.631. The highest BCUT2D eigenvalue weighted by molar-refractivity contribution is 5.98. The number of aryl methyl sites for hydroxylation is 1. The van der Waals surface area contributed by atoms with E-state index in [4.69, 9.17) is 4.42 Å². The van der Waals surface area contributed by atoms with Crippen molar-refractivity contribution in [2.24, 2.45) is 5.92 Å². The molecule has 1 atom stereocenters. The lowest BCUT2D eigenvalue weighted by Gasteiger charge is -2.12. The van der Waals surface area contributed by atoms with Crippen molar-refractivity contribution in [1.82, 2.24) is 0 Å². The van der Waals surface area contributed by atoms with E-state index in [1.807, 2.05) is 6.92 Å². The molecule has 0 aliphatic heterocycles. The molecule has 0 aromatic carbocycles. The van der Waals surface area contributed by atoms with Gasteiger partial charge in [0, 0.05) is 12.8 Å². The molecule has 0 bridgehead atoms. The summed E-state index contributed by atoms with van der Waals surface area (Å²) >= 11 is 0. The number of Topliss-reactive ketones (excluding diaryl/α,β-unsaturated/α-hetero) is 1. The van der Waals surface area contributed by atoms with Crippen LogP contribution >= 0.6 is 0 Å². The Morgan fingerprint density at radius 2 is 2.12 bits per heavy atom. The molecule has 1 aliphatic carbocycles. The summed E-state index contributed by atoms with van der Waals surface area (Å²) in [5, 5.41) is 0. The Morgan fingerprint density at radius 3 is 2.88 bits per heavy atom. The van der Waals surface area contributed by atoms with E-state index < -0.39 is 0 Å². The lowest BCUT2D eigenvalue weighted by Crippen LogP contribution is -2.10. The number of ketones is 1. The van der Waals surface area contributed by atoms with Gasteiger partial charge in [-0.25, -0.2) is 0 Å². The number of fused-ring (bicyclic) bond motifs is 1. The Balaban J connectivity index is 2.39. The van der Waals surface area contributed by atoms with Crippen LogP contribution in [-0.4, -0.2) is 5.78 Å². The van der Waals surface area contributed by atoms with E-state index in [-0.39, 0.29) is 5.78 Å². The van der Waals surface area contributed by atoms with E-state index in [0.717, 1.165) is 36.1 Å². The fourth-order valence-electron chi connectivity index (χ4n) is 2.46. The number of carbonyl (C=O) groups is 1. The second kappa shape index (κ2) is 4.91. The van der Waals surface area contributed by atoms with Crippen LogP contribution in [0.5, 0.6) is 0 Å². The highest BCUT2D eigenvalue weighted by Crippen LogP contribution is 2.25. The monoisotopic (exact) mass is 232 g/mol. The third kappa shape index (κ3) is 2.68. The van der Waals surface area contributed by atoms with Crippen LogP contribution in [0.1, 0.15) is 54.8 Å². The predicted molar refractivity (Wildman–Crippen MR) is 68.3 cm³/mol. The molecule has 2 nitrogen and oxygen atoms in total. The van der Waals surface area contributed by atoms with Crippen molar-refractivity contribution in [2.75, 3.05) is 0 Å². The first kappa shape index (κ1) is 12.2. The predicted octanol–water partition coefficient (Wildman–Crippen LogP) is 4.08. The van der Waals surface area contributed by atoms with Gasteiger partial charge in [0.15, 0.2) is 5.78 Å². The summed E-state index contributed by atoms with van der Waals surface area (Å²) in [5.41, 5.74) is 3.10. The van der Waals surface area contributed by atoms with Crippen molar-refractivity contribution < 1.29 is 9.21 Å². The second-order valence-corrected chi connectivity index (χ2v) is 5.25. The smallest absolute Gasteiger partial charge is 0.166 e. The van der Waals surface area contributed by atoms with Crippen molar-refractivity contribution in [2.45, 2.75) is 46.5 Å². The van der Waals surface area contributed by atoms with Gasteiger partial charge in [0.25, 0.3) is 0 Å². The van der Waals surface area contributed by atoms with E-state index in [2.05, 4.69) is 19.9 Å². The molecule has 1 unspecified atom stereocenters. The molecule has 0 spiro atoms. The van der Waals surface area contributed by atoms with Gasteiger partial charge in [-0.1, -0.05) is 18.6 Å². The van der Waals surface area contributed by atoms with Crippen LogP contribution in [0.2, 0.25) is 0 Å². The van der Waals surface area contributed by atoms with Gasteiger partial charge in [-0.2, -0.15) is 0 Å². The summed E-state index contributed by atoms with van der Waals surface area (Å²) in [5.74, 6) is 1.54. The van der Waals surface area contributed by atoms with Gasteiger partial charge >= 0.3 is 0 Å². The average Bonchev–Trinajstić information content (AvgIpc) is 2.58. The van der Waals surface area contributed by atoms with E-state index in [1.54, 1.807) is 6.26 Å². The highest BCUT2D eigenvalue weighted by atomic mass is 16.3. The largest absolute Gasteiger partial charge is 0.468 e. The van der Waals surface area contributed by atoms with E-state index in [1.165, 1.54) is 5.57 Å². The Kier molecular flexibility index (Phi) is 3.51. The van der Waals surface area contributed by atoms with Crippen LogP contribution in [0.3, 0.4) is 0 Å². The van der Waals surface area contributed by atoms with Crippen LogP contribution in [0.4, 0.5) is 0 Å². The molecular formula is C15H20O2. The maximum absolute atomic E-state index is 12.2. The first-order valence-corrected chi connectivity index (χ1v) is 6.33. The summed E-state index contributed by atoms with van der Waals surface area (Å²) in [6.45, 7) is 6.21. The van der Waals surface area contributed by atoms with E-state index >= 15 is 0 Å². The molecule has 1 aromatic rings. The van der Waals surface area contributed by atoms with Crippen molar-refractivity contribution in [1.29, 1.82) is 0 Å². The fourth-order valence-corrected chi connectivity index (χ4v) is 2.46. The minimum atomic E-state index is 0.244. The van der Waals surface area contributed by atoms with Gasteiger partial charge in [-0.05, 0) is 38.2 Å². The Hall–Kier alpha value is -1.31. The van der Waals surface area contributed by atoms with Gasteiger partial charge in [-0.3, -0.25) is 4.79 Å². The highest BCUT2D eigenvalue weighted by Gasteiger charge is 2.21. The van der Waals surface area contributed by atoms with Crippen molar-refractivity contribution >= 4 is 5.78 Å². The Morgan fingerprint density at radius 1 is 1.35 bits per heavy atom. The summed E-state index contributed by atoms with van der Waals surface area (Å²) in [6.07, 6.45) is 7.54. The maximum Gasteiger partial charge on any atom is 0.166 e. The van der Waals surface area contributed by atoms with Crippen molar-refractivity contribution in [3.05, 3.63) is 34.8 Å². The zero-order valence-corrected chi connectivity index (χ0v) is 10.9. The average molecular weight is 232 g/mol. The van der Waals surface area contributed by atoms with E-state index in [9.17, 15) is 4.79 Å². The number of carbonyl (C=O) groups excluding carboxylic acids is 1. The fraction of sp³-hybridized carbons (Fsp3) is 0.533. The van der Waals surface area contributed by atoms with Crippen LogP contribution in [-0.2, 0) is 6.42 Å². The molecule has 0 N–H and O–H groups in total. The minimum absolute atomic E-state index is 0.244. The van der Waals surface area contributed by atoms with Crippen LogP contribution in [0, 0.1) is 12.8 Å². The van der Waals surface area contributed by atoms with Crippen molar-refractivity contribution in [3.8, 4) is 0 Å². The Bertz CT molecular complexity index is 451. The molecule has 1 aliphatic rings. The van der Waals surface area contributed by atoms with E-state index in [0.29, 0.717) is 12.3 Å². The molecule has 0 fully saturated rings. The van der Waals surface area contributed by atoms with Gasteiger partial charge in [0.1, 0.15) is 5.76 Å². The van der Waals surface area contributed by atoms with Gasteiger partial charge in [0.2, 0.25) is 0 Å². The molecule has 0 saturated carbocycles. The summed E-state index contributed by atoms with van der Waals surface area (Å²) in [7, 11) is 0. The zero-order chi connectivity index (χ0) is 12.4. The standard InChI is InChI=1S/C15H20O2/c1-10-5-4-6-11(2)8-14-15(13(16)7-10)12(3)9-17-14/h6,9-10H,4-5,7-8H2,1-3H3. The molecule has 2 heteroatoms. The first-order chi connectivity index (χ1) is 8.08. The maximum atomic E-state index is 12.2. The molecule has 0 radical (unpaired) electrons. The third-order valence-corrected chi connectivity index (χ3v) is 3.46. The molecule has 17 heavy (non-hydrogen) atoms. The number of hydrogen-bond acceptors (Lipinski definition) is 2. The molecule has 2 rings (SSSR count). The molecule has 1 heterocycles. The van der Waals surface area contributed by atoms with Gasteiger partial charge < -0.3 is 4.42 Å². The first-order valence-electron chi connectivity index (χ1n) is 6.33. The number of hydrogen-bond donors (Lipinski definition) is 0. The molecule has 1 aromatic heterocycles. The SMILES string of the molecule is CC1=CCCC(C)CC(=O)c2c(C)coc2C1. The molecule has 92 valence electrons. The topological polar surface area (TPSA) is 30.2 Å². The molecule has 0 amide bonds. The third-order valence-electron chi connectivity index (χ3n) is 3.46. The Labute approximate surface area is 103 Å². The summed E-state index contributed by atoms with van der Waals surface area (Å²) < 4.78 is 5.53.